The van der Waals surface area contributed by atoms with Gasteiger partial charge in [-0.3, -0.25) is 4.79 Å². The van der Waals surface area contributed by atoms with Crippen molar-refractivity contribution in [2.24, 2.45) is 0 Å². The van der Waals surface area contributed by atoms with E-state index in [4.69, 9.17) is 5.11 Å². The Morgan fingerprint density at radius 3 is 2.88 bits per heavy atom. The van der Waals surface area contributed by atoms with Crippen molar-refractivity contribution < 1.29 is 9.90 Å². The molecule has 1 N–H and O–H groups in total. The Balaban J connectivity index is 2.30. The highest BCUT2D eigenvalue weighted by molar-refractivity contribution is 5.74. The zero-order valence-electron chi connectivity index (χ0n) is 9.44. The minimum Gasteiger partial charge on any atom is -0.481 e. The van der Waals surface area contributed by atoms with Crippen LogP contribution in [0.15, 0.2) is 6.20 Å². The van der Waals surface area contributed by atoms with E-state index < -0.39 is 11.9 Å². The molecule has 1 aromatic rings. The summed E-state index contributed by atoms with van der Waals surface area (Å²) in [6.45, 7) is 1.63. The topological polar surface area (TPSA) is 63.1 Å². The van der Waals surface area contributed by atoms with Crippen molar-refractivity contribution >= 4 is 5.97 Å². The summed E-state index contributed by atoms with van der Waals surface area (Å²) < 4.78 is 0. The third-order valence-corrected chi connectivity index (χ3v) is 3.09. The molecule has 0 fully saturated rings. The number of fused-ring (bicyclic) bond motifs is 1. The second-order valence-electron chi connectivity index (χ2n) is 4.32. The van der Waals surface area contributed by atoms with Crippen LogP contribution in [0.3, 0.4) is 0 Å². The highest BCUT2D eigenvalue weighted by Crippen LogP contribution is 2.20. The fourth-order valence-corrected chi connectivity index (χ4v) is 1.99. The molecule has 1 aliphatic carbocycles. The Kier molecular flexibility index (Phi) is 3.17. The maximum Gasteiger partial charge on any atom is 0.313 e. The Morgan fingerprint density at radius 2 is 2.12 bits per heavy atom. The Hall–Kier alpha value is -1.45. The van der Waals surface area contributed by atoms with E-state index in [1.807, 2.05) is 6.20 Å². The average molecular weight is 220 g/mol. The Labute approximate surface area is 94.7 Å². The van der Waals surface area contributed by atoms with E-state index in [1.54, 1.807) is 6.92 Å². The van der Waals surface area contributed by atoms with E-state index in [0.717, 1.165) is 25.0 Å². The first-order chi connectivity index (χ1) is 7.68. The van der Waals surface area contributed by atoms with E-state index in [1.165, 1.54) is 18.4 Å². The number of nitrogens with zero attached hydrogens (tertiary/aromatic N) is 2. The normalized spacial score (nSPS) is 17.3. The number of carboxylic acids is 1. The SMILES string of the molecule is CC(C(=O)O)c1ncc2c(n1)CCCCC2. The summed E-state index contributed by atoms with van der Waals surface area (Å²) in [5, 5.41) is 8.92. The van der Waals surface area contributed by atoms with Crippen LogP contribution in [0, 0.1) is 0 Å². The van der Waals surface area contributed by atoms with Crippen LogP contribution in [0.25, 0.3) is 0 Å². The van der Waals surface area contributed by atoms with Gasteiger partial charge in [0.1, 0.15) is 11.7 Å². The van der Waals surface area contributed by atoms with Gasteiger partial charge in [0.2, 0.25) is 0 Å². The van der Waals surface area contributed by atoms with Gasteiger partial charge in [0.25, 0.3) is 0 Å². The van der Waals surface area contributed by atoms with Gasteiger partial charge in [0.05, 0.1) is 0 Å². The Bertz CT molecular complexity index is 404. The maximum absolute atomic E-state index is 10.9. The molecule has 0 saturated carbocycles. The molecule has 2 rings (SSSR count). The molecule has 1 unspecified atom stereocenters. The van der Waals surface area contributed by atoms with Gasteiger partial charge < -0.3 is 5.11 Å². The lowest BCUT2D eigenvalue weighted by atomic mass is 10.1. The molecule has 1 heterocycles. The molecule has 1 aromatic heterocycles. The van der Waals surface area contributed by atoms with Crippen LogP contribution in [-0.4, -0.2) is 21.0 Å². The number of carbonyl (C=O) groups is 1. The molecule has 4 nitrogen and oxygen atoms in total. The first-order valence-electron chi connectivity index (χ1n) is 5.76. The predicted molar refractivity (Wildman–Crippen MR) is 59.3 cm³/mol. The number of rotatable bonds is 2. The minimum atomic E-state index is -0.867. The quantitative estimate of drug-likeness (QED) is 0.773. The van der Waals surface area contributed by atoms with Crippen LogP contribution in [0.4, 0.5) is 0 Å². The van der Waals surface area contributed by atoms with Crippen molar-refractivity contribution in [1.82, 2.24) is 9.97 Å². The standard InChI is InChI=1S/C12H16N2O2/c1-8(12(15)16)11-13-7-9-5-3-2-4-6-10(9)14-11/h7-8H,2-6H2,1H3,(H,15,16). The van der Waals surface area contributed by atoms with Gasteiger partial charge in [0, 0.05) is 11.9 Å². The lowest BCUT2D eigenvalue weighted by Crippen LogP contribution is -2.13. The average Bonchev–Trinajstić information content (AvgIpc) is 2.51. The summed E-state index contributed by atoms with van der Waals surface area (Å²) >= 11 is 0. The number of carboxylic acid groups (broad SMARTS) is 1. The third kappa shape index (κ3) is 2.21. The largest absolute Gasteiger partial charge is 0.481 e. The maximum atomic E-state index is 10.9. The minimum absolute atomic E-state index is 0.438. The lowest BCUT2D eigenvalue weighted by molar-refractivity contribution is -0.138. The number of hydrogen-bond donors (Lipinski definition) is 1. The van der Waals surface area contributed by atoms with Crippen LogP contribution >= 0.6 is 0 Å². The molecule has 0 aliphatic heterocycles. The van der Waals surface area contributed by atoms with Gasteiger partial charge in [-0.05, 0) is 38.2 Å². The summed E-state index contributed by atoms with van der Waals surface area (Å²) in [4.78, 5) is 19.4. The summed E-state index contributed by atoms with van der Waals surface area (Å²) in [7, 11) is 0. The van der Waals surface area contributed by atoms with Gasteiger partial charge in [-0.25, -0.2) is 9.97 Å². The molecule has 0 radical (unpaired) electrons. The number of aryl methyl sites for hydroxylation is 2. The van der Waals surface area contributed by atoms with E-state index >= 15 is 0 Å². The van der Waals surface area contributed by atoms with Crippen molar-refractivity contribution in [2.45, 2.75) is 44.9 Å². The molecule has 0 spiro atoms. The summed E-state index contributed by atoms with van der Waals surface area (Å²) in [5.41, 5.74) is 2.24. The van der Waals surface area contributed by atoms with Crippen LogP contribution in [0.5, 0.6) is 0 Å². The van der Waals surface area contributed by atoms with E-state index in [0.29, 0.717) is 5.82 Å². The molecule has 86 valence electrons. The monoisotopic (exact) mass is 220 g/mol. The molecular weight excluding hydrogens is 204 g/mol. The molecule has 4 heteroatoms. The van der Waals surface area contributed by atoms with Crippen LogP contribution in [0.2, 0.25) is 0 Å². The second-order valence-corrected chi connectivity index (χ2v) is 4.32. The molecule has 1 aliphatic rings. The van der Waals surface area contributed by atoms with Crippen molar-refractivity contribution in [2.75, 3.05) is 0 Å². The summed E-state index contributed by atoms with van der Waals surface area (Å²) in [6.07, 6.45) is 7.34. The molecule has 0 aromatic carbocycles. The third-order valence-electron chi connectivity index (χ3n) is 3.09. The van der Waals surface area contributed by atoms with E-state index in [9.17, 15) is 4.79 Å². The fraction of sp³-hybridized carbons (Fsp3) is 0.583. The molecule has 16 heavy (non-hydrogen) atoms. The molecule has 1 atom stereocenters. The molecule has 0 saturated heterocycles. The second kappa shape index (κ2) is 4.60. The summed E-state index contributed by atoms with van der Waals surface area (Å²) in [6, 6.07) is 0. The van der Waals surface area contributed by atoms with Crippen LogP contribution in [-0.2, 0) is 17.6 Å². The lowest BCUT2D eigenvalue weighted by Gasteiger charge is -2.09. The van der Waals surface area contributed by atoms with Crippen LogP contribution < -0.4 is 0 Å². The predicted octanol–water partition coefficient (Wildman–Crippen LogP) is 1.93. The van der Waals surface area contributed by atoms with E-state index in [-0.39, 0.29) is 0 Å². The van der Waals surface area contributed by atoms with Gasteiger partial charge in [-0.15, -0.1) is 0 Å². The highest BCUT2D eigenvalue weighted by atomic mass is 16.4. The molecular formula is C12H16N2O2. The van der Waals surface area contributed by atoms with Gasteiger partial charge in [-0.1, -0.05) is 6.42 Å². The highest BCUT2D eigenvalue weighted by Gasteiger charge is 2.19. The molecule has 0 amide bonds. The van der Waals surface area contributed by atoms with Crippen molar-refractivity contribution in [3.63, 3.8) is 0 Å². The number of hydrogen-bond acceptors (Lipinski definition) is 3. The van der Waals surface area contributed by atoms with Gasteiger partial charge in [0.15, 0.2) is 0 Å². The molecule has 0 bridgehead atoms. The fourth-order valence-electron chi connectivity index (χ4n) is 1.99. The van der Waals surface area contributed by atoms with Crippen LogP contribution in [0.1, 0.15) is 49.2 Å². The zero-order chi connectivity index (χ0) is 11.5. The number of aliphatic carboxylic acids is 1. The van der Waals surface area contributed by atoms with Gasteiger partial charge >= 0.3 is 5.97 Å². The smallest absolute Gasteiger partial charge is 0.313 e. The van der Waals surface area contributed by atoms with Gasteiger partial charge in [-0.2, -0.15) is 0 Å². The van der Waals surface area contributed by atoms with Crippen molar-refractivity contribution in [1.29, 1.82) is 0 Å². The Morgan fingerprint density at radius 1 is 1.38 bits per heavy atom. The first kappa shape index (κ1) is 11.0. The van der Waals surface area contributed by atoms with Crippen molar-refractivity contribution in [3.8, 4) is 0 Å². The van der Waals surface area contributed by atoms with E-state index in [2.05, 4.69) is 9.97 Å². The zero-order valence-corrected chi connectivity index (χ0v) is 9.44. The van der Waals surface area contributed by atoms with Crippen molar-refractivity contribution in [3.05, 3.63) is 23.3 Å². The number of aromatic nitrogens is 2. The first-order valence-corrected chi connectivity index (χ1v) is 5.76. The summed E-state index contributed by atoms with van der Waals surface area (Å²) in [5.74, 6) is -1.05.